The molecule has 4 rings (SSSR count). The zero-order valence-electron chi connectivity index (χ0n) is 17.9. The van der Waals surface area contributed by atoms with Gasteiger partial charge in [-0.1, -0.05) is 31.2 Å². The van der Waals surface area contributed by atoms with E-state index in [2.05, 4.69) is 27.3 Å². The third-order valence-corrected chi connectivity index (χ3v) is 5.47. The molecule has 6 heteroatoms. The number of nitrogens with zero attached hydrogens (tertiary/aromatic N) is 3. The van der Waals surface area contributed by atoms with E-state index in [1.807, 2.05) is 60.7 Å². The standard InChI is InChI=1S/C25H28N4O2/c1-2-19-9-11-22(12-10-19)31-18-25(30)26-21-8-6-7-20(17-21)23-13-14-24(28-27-23)29-15-4-3-5-16-29/h6-14,17H,2-5,15-16,18H2,1H3,(H,26,30). The Balaban J connectivity index is 1.35. The third-order valence-electron chi connectivity index (χ3n) is 5.47. The molecule has 2 aromatic carbocycles. The Bertz CT molecular complexity index is 997. The lowest BCUT2D eigenvalue weighted by Crippen LogP contribution is -2.30. The molecule has 31 heavy (non-hydrogen) atoms. The highest BCUT2D eigenvalue weighted by Gasteiger charge is 2.13. The van der Waals surface area contributed by atoms with E-state index in [1.54, 1.807) is 0 Å². The van der Waals surface area contributed by atoms with Gasteiger partial charge in [0.1, 0.15) is 5.75 Å². The molecule has 0 unspecified atom stereocenters. The number of rotatable bonds is 7. The minimum Gasteiger partial charge on any atom is -0.484 e. The molecule has 0 aliphatic carbocycles. The predicted octanol–water partition coefficient (Wildman–Crippen LogP) is 4.71. The van der Waals surface area contributed by atoms with Crippen LogP contribution in [0.15, 0.2) is 60.7 Å². The highest BCUT2D eigenvalue weighted by Crippen LogP contribution is 2.23. The molecule has 0 saturated carbocycles. The predicted molar refractivity (Wildman–Crippen MR) is 123 cm³/mol. The molecule has 3 aromatic rings. The number of carbonyl (C=O) groups is 1. The molecule has 0 atom stereocenters. The lowest BCUT2D eigenvalue weighted by Gasteiger charge is -2.27. The molecule has 2 heterocycles. The molecule has 0 radical (unpaired) electrons. The fraction of sp³-hybridized carbons (Fsp3) is 0.320. The second-order valence-corrected chi connectivity index (χ2v) is 7.74. The average molecular weight is 417 g/mol. The van der Waals surface area contributed by atoms with Gasteiger partial charge in [-0.3, -0.25) is 4.79 Å². The number of hydrogen-bond acceptors (Lipinski definition) is 5. The minimum atomic E-state index is -0.205. The first-order chi connectivity index (χ1) is 15.2. The zero-order valence-corrected chi connectivity index (χ0v) is 17.9. The molecule has 1 saturated heterocycles. The van der Waals surface area contributed by atoms with Crippen LogP contribution in [0, 0.1) is 0 Å². The van der Waals surface area contributed by atoms with Crippen LogP contribution < -0.4 is 15.0 Å². The molecule has 1 aliphatic heterocycles. The molecule has 1 aliphatic rings. The lowest BCUT2D eigenvalue weighted by molar-refractivity contribution is -0.118. The van der Waals surface area contributed by atoms with E-state index in [-0.39, 0.29) is 12.5 Å². The summed E-state index contributed by atoms with van der Waals surface area (Å²) in [5.74, 6) is 1.41. The number of anilines is 2. The minimum absolute atomic E-state index is 0.0416. The fourth-order valence-corrected chi connectivity index (χ4v) is 3.69. The Morgan fingerprint density at radius 2 is 1.81 bits per heavy atom. The van der Waals surface area contributed by atoms with Crippen LogP contribution in [0.4, 0.5) is 11.5 Å². The smallest absolute Gasteiger partial charge is 0.262 e. The van der Waals surface area contributed by atoms with E-state index in [4.69, 9.17) is 4.74 Å². The van der Waals surface area contributed by atoms with Crippen molar-refractivity contribution in [2.45, 2.75) is 32.6 Å². The second-order valence-electron chi connectivity index (χ2n) is 7.74. The van der Waals surface area contributed by atoms with Gasteiger partial charge in [-0.05, 0) is 67.6 Å². The van der Waals surface area contributed by atoms with Gasteiger partial charge in [0.05, 0.1) is 5.69 Å². The van der Waals surface area contributed by atoms with Crippen LogP contribution in [0.2, 0.25) is 0 Å². The Morgan fingerprint density at radius 1 is 1.00 bits per heavy atom. The first-order valence-corrected chi connectivity index (χ1v) is 10.9. The summed E-state index contributed by atoms with van der Waals surface area (Å²) < 4.78 is 5.59. The number of aryl methyl sites for hydroxylation is 1. The summed E-state index contributed by atoms with van der Waals surface area (Å²) in [5.41, 5.74) is 3.63. The van der Waals surface area contributed by atoms with Gasteiger partial charge in [-0.15, -0.1) is 10.2 Å². The van der Waals surface area contributed by atoms with E-state index in [1.165, 1.54) is 24.8 Å². The molecular formula is C25H28N4O2. The van der Waals surface area contributed by atoms with Crippen LogP contribution >= 0.6 is 0 Å². The first-order valence-electron chi connectivity index (χ1n) is 10.9. The van der Waals surface area contributed by atoms with E-state index in [9.17, 15) is 4.79 Å². The monoisotopic (exact) mass is 416 g/mol. The molecule has 160 valence electrons. The van der Waals surface area contributed by atoms with Crippen molar-refractivity contribution >= 4 is 17.4 Å². The largest absolute Gasteiger partial charge is 0.484 e. The lowest BCUT2D eigenvalue weighted by atomic mass is 10.1. The van der Waals surface area contributed by atoms with E-state index >= 15 is 0 Å². The Hall–Kier alpha value is -3.41. The van der Waals surface area contributed by atoms with Crippen molar-refractivity contribution in [1.82, 2.24) is 10.2 Å². The maximum atomic E-state index is 12.3. The maximum Gasteiger partial charge on any atom is 0.262 e. The summed E-state index contributed by atoms with van der Waals surface area (Å²) in [6.07, 6.45) is 4.68. The number of ether oxygens (including phenoxy) is 1. The molecule has 0 spiro atoms. The fourth-order valence-electron chi connectivity index (χ4n) is 3.69. The van der Waals surface area contributed by atoms with Gasteiger partial charge in [0.25, 0.3) is 5.91 Å². The highest BCUT2D eigenvalue weighted by molar-refractivity contribution is 5.92. The topological polar surface area (TPSA) is 67.3 Å². The molecule has 1 N–H and O–H groups in total. The number of amides is 1. The average Bonchev–Trinajstić information content (AvgIpc) is 2.84. The van der Waals surface area contributed by atoms with Crippen LogP contribution in [0.3, 0.4) is 0 Å². The summed E-state index contributed by atoms with van der Waals surface area (Å²) in [7, 11) is 0. The van der Waals surface area contributed by atoms with Gasteiger partial charge in [-0.25, -0.2) is 0 Å². The number of carbonyl (C=O) groups excluding carboxylic acids is 1. The Labute approximate surface area is 183 Å². The van der Waals surface area contributed by atoms with E-state index < -0.39 is 0 Å². The van der Waals surface area contributed by atoms with Crippen molar-refractivity contribution in [3.8, 4) is 17.0 Å². The molecular weight excluding hydrogens is 388 g/mol. The third kappa shape index (κ3) is 5.60. The van der Waals surface area contributed by atoms with Gasteiger partial charge in [0.15, 0.2) is 12.4 Å². The number of aromatic nitrogens is 2. The van der Waals surface area contributed by atoms with Crippen LogP contribution in [0.5, 0.6) is 5.75 Å². The normalized spacial score (nSPS) is 13.6. The van der Waals surface area contributed by atoms with Gasteiger partial charge < -0.3 is 15.0 Å². The molecule has 1 amide bonds. The molecule has 1 fully saturated rings. The van der Waals surface area contributed by atoms with Crippen LogP contribution in [0.25, 0.3) is 11.3 Å². The van der Waals surface area contributed by atoms with Gasteiger partial charge >= 0.3 is 0 Å². The first kappa shape index (κ1) is 20.8. The Kier molecular flexibility index (Phi) is 6.77. The second kappa shape index (κ2) is 10.1. The van der Waals surface area contributed by atoms with E-state index in [0.717, 1.165) is 36.6 Å². The van der Waals surface area contributed by atoms with Gasteiger partial charge in [0, 0.05) is 24.3 Å². The number of benzene rings is 2. The highest BCUT2D eigenvalue weighted by atomic mass is 16.5. The van der Waals surface area contributed by atoms with Crippen molar-refractivity contribution in [2.24, 2.45) is 0 Å². The molecule has 0 bridgehead atoms. The summed E-state index contributed by atoms with van der Waals surface area (Å²) >= 11 is 0. The summed E-state index contributed by atoms with van der Waals surface area (Å²) in [5, 5.41) is 11.7. The van der Waals surface area contributed by atoms with Crippen LogP contribution in [-0.2, 0) is 11.2 Å². The maximum absolute atomic E-state index is 12.3. The molecule has 6 nitrogen and oxygen atoms in total. The number of piperidine rings is 1. The van der Waals surface area contributed by atoms with E-state index in [0.29, 0.717) is 11.4 Å². The molecule has 1 aromatic heterocycles. The van der Waals surface area contributed by atoms with Crippen molar-refractivity contribution in [1.29, 1.82) is 0 Å². The van der Waals surface area contributed by atoms with Crippen LogP contribution in [-0.4, -0.2) is 35.8 Å². The zero-order chi connectivity index (χ0) is 21.5. The van der Waals surface area contributed by atoms with Crippen molar-refractivity contribution in [2.75, 3.05) is 29.9 Å². The summed E-state index contributed by atoms with van der Waals surface area (Å²) in [4.78, 5) is 14.6. The SMILES string of the molecule is CCc1ccc(OCC(=O)Nc2cccc(-c3ccc(N4CCCCC4)nn3)c2)cc1. The number of hydrogen-bond donors (Lipinski definition) is 1. The van der Waals surface area contributed by atoms with Gasteiger partial charge in [0.2, 0.25) is 0 Å². The van der Waals surface area contributed by atoms with Gasteiger partial charge in [-0.2, -0.15) is 0 Å². The van der Waals surface area contributed by atoms with Crippen molar-refractivity contribution in [3.63, 3.8) is 0 Å². The summed E-state index contributed by atoms with van der Waals surface area (Å²) in [6.45, 7) is 4.15. The Morgan fingerprint density at radius 3 is 2.52 bits per heavy atom. The van der Waals surface area contributed by atoms with Crippen LogP contribution in [0.1, 0.15) is 31.7 Å². The summed E-state index contributed by atoms with van der Waals surface area (Å²) in [6, 6.07) is 19.4. The van der Waals surface area contributed by atoms with Crippen molar-refractivity contribution < 1.29 is 9.53 Å². The quantitative estimate of drug-likeness (QED) is 0.604. The van der Waals surface area contributed by atoms with Crippen molar-refractivity contribution in [3.05, 3.63) is 66.2 Å². The number of nitrogens with one attached hydrogen (secondary N) is 1.